The van der Waals surface area contributed by atoms with Crippen LogP contribution in [0.3, 0.4) is 0 Å². The molecule has 0 saturated carbocycles. The predicted molar refractivity (Wildman–Crippen MR) is 97.8 cm³/mol. The second-order valence-corrected chi connectivity index (χ2v) is 6.72. The fraction of sp³-hybridized carbons (Fsp3) is 0.389. The number of amides is 1. The van der Waals surface area contributed by atoms with Crippen molar-refractivity contribution < 1.29 is 9.18 Å². The van der Waals surface area contributed by atoms with Crippen molar-refractivity contribution in [3.05, 3.63) is 56.7 Å². The first-order chi connectivity index (χ1) is 12.4. The number of rotatable bonds is 4. The van der Waals surface area contributed by atoms with E-state index in [4.69, 9.17) is 11.6 Å². The van der Waals surface area contributed by atoms with Crippen LogP contribution >= 0.6 is 11.6 Å². The summed E-state index contributed by atoms with van der Waals surface area (Å²) in [5, 5.41) is 6.12. The second kappa shape index (κ2) is 7.45. The summed E-state index contributed by atoms with van der Waals surface area (Å²) in [7, 11) is 0. The Morgan fingerprint density at radius 1 is 1.35 bits per heavy atom. The minimum absolute atomic E-state index is 0.0362. The number of aromatic nitrogens is 2. The highest BCUT2D eigenvalue weighted by atomic mass is 35.5. The predicted octanol–water partition coefficient (Wildman–Crippen LogP) is 2.50. The molecule has 1 saturated heterocycles. The lowest BCUT2D eigenvalue weighted by Gasteiger charge is -2.41. The van der Waals surface area contributed by atoms with Crippen LogP contribution in [0.5, 0.6) is 0 Å². The lowest BCUT2D eigenvalue weighted by molar-refractivity contribution is -0.135. The molecule has 0 spiro atoms. The highest BCUT2D eigenvalue weighted by Gasteiger charge is 2.35. The van der Waals surface area contributed by atoms with Crippen LogP contribution in [-0.4, -0.2) is 40.1 Å². The number of piperazine rings is 1. The maximum Gasteiger partial charge on any atom is 0.285 e. The Labute approximate surface area is 155 Å². The summed E-state index contributed by atoms with van der Waals surface area (Å²) in [6.45, 7) is 5.19. The number of anilines is 1. The standard InChI is InChI=1S/C18H20ClFN4O2/c1-3-14-18(26)23(10-12-4-5-13(20)8-11(12)2)6-7-24(14)15-9-21-22-17(25)16(15)19/h4-5,8-9,14H,3,6-7,10H2,1-2H3,(H,22,25)/t14-/m1/s1. The Morgan fingerprint density at radius 3 is 2.81 bits per heavy atom. The minimum atomic E-state index is -0.476. The molecule has 138 valence electrons. The van der Waals surface area contributed by atoms with E-state index in [0.717, 1.165) is 11.1 Å². The molecule has 1 aliphatic heterocycles. The highest BCUT2D eigenvalue weighted by molar-refractivity contribution is 6.33. The number of nitrogens with one attached hydrogen (secondary N) is 1. The second-order valence-electron chi connectivity index (χ2n) is 6.35. The van der Waals surface area contributed by atoms with Gasteiger partial charge in [-0.1, -0.05) is 24.6 Å². The van der Waals surface area contributed by atoms with Crippen LogP contribution < -0.4 is 10.5 Å². The van der Waals surface area contributed by atoms with Gasteiger partial charge in [0.1, 0.15) is 16.9 Å². The summed E-state index contributed by atoms with van der Waals surface area (Å²) in [6, 6.07) is 4.16. The molecule has 3 rings (SSSR count). The van der Waals surface area contributed by atoms with Gasteiger partial charge >= 0.3 is 0 Å². The molecule has 26 heavy (non-hydrogen) atoms. The Morgan fingerprint density at radius 2 is 2.12 bits per heavy atom. The van der Waals surface area contributed by atoms with Crippen molar-refractivity contribution in [3.63, 3.8) is 0 Å². The maximum absolute atomic E-state index is 13.3. The first kappa shape index (κ1) is 18.4. The van der Waals surface area contributed by atoms with Crippen molar-refractivity contribution >= 4 is 23.2 Å². The zero-order valence-corrected chi connectivity index (χ0v) is 15.4. The monoisotopic (exact) mass is 378 g/mol. The van der Waals surface area contributed by atoms with Crippen LogP contribution in [0.2, 0.25) is 5.02 Å². The van der Waals surface area contributed by atoms with Gasteiger partial charge in [0.2, 0.25) is 5.91 Å². The van der Waals surface area contributed by atoms with Gasteiger partial charge in [-0.3, -0.25) is 9.59 Å². The van der Waals surface area contributed by atoms with Gasteiger partial charge in [0.15, 0.2) is 0 Å². The highest BCUT2D eigenvalue weighted by Crippen LogP contribution is 2.27. The van der Waals surface area contributed by atoms with E-state index in [-0.39, 0.29) is 16.7 Å². The summed E-state index contributed by atoms with van der Waals surface area (Å²) in [6.07, 6.45) is 2.04. The van der Waals surface area contributed by atoms with Gasteiger partial charge in [0.05, 0.1) is 11.9 Å². The SMILES string of the molecule is CC[C@@H]1C(=O)N(Cc2ccc(F)cc2C)CCN1c1cn[nH]c(=O)c1Cl. The Hall–Kier alpha value is -2.41. The van der Waals surface area contributed by atoms with E-state index in [0.29, 0.717) is 31.7 Å². The molecule has 0 unspecified atom stereocenters. The van der Waals surface area contributed by atoms with Gasteiger partial charge in [-0.2, -0.15) is 5.10 Å². The Bertz CT molecular complexity index is 886. The van der Waals surface area contributed by atoms with E-state index in [1.54, 1.807) is 11.0 Å². The van der Waals surface area contributed by atoms with Gasteiger partial charge in [-0.25, -0.2) is 9.49 Å². The number of hydrogen-bond donors (Lipinski definition) is 1. The lowest BCUT2D eigenvalue weighted by Crippen LogP contribution is -2.57. The third kappa shape index (κ3) is 3.44. The number of hydrogen-bond acceptors (Lipinski definition) is 4. The quantitative estimate of drug-likeness (QED) is 0.887. The van der Waals surface area contributed by atoms with Crippen molar-refractivity contribution in [1.29, 1.82) is 0 Å². The number of aryl methyl sites for hydroxylation is 1. The molecular weight excluding hydrogens is 359 g/mol. The molecule has 2 heterocycles. The summed E-state index contributed by atoms with van der Waals surface area (Å²) in [4.78, 5) is 28.3. The summed E-state index contributed by atoms with van der Waals surface area (Å²) < 4.78 is 13.3. The molecule has 0 aliphatic carbocycles. The third-order valence-electron chi connectivity index (χ3n) is 4.72. The fourth-order valence-corrected chi connectivity index (χ4v) is 3.50. The number of benzene rings is 1. The number of carbonyl (C=O) groups is 1. The van der Waals surface area contributed by atoms with Crippen LogP contribution in [-0.2, 0) is 11.3 Å². The molecule has 1 aliphatic rings. The Balaban J connectivity index is 1.84. The van der Waals surface area contributed by atoms with E-state index >= 15 is 0 Å². The van der Waals surface area contributed by atoms with Gasteiger partial charge in [-0.15, -0.1) is 0 Å². The molecule has 1 N–H and O–H groups in total. The molecule has 1 aromatic heterocycles. The molecule has 1 atom stereocenters. The van der Waals surface area contributed by atoms with Crippen molar-refractivity contribution in [2.24, 2.45) is 0 Å². The van der Waals surface area contributed by atoms with Crippen LogP contribution in [0, 0.1) is 12.7 Å². The lowest BCUT2D eigenvalue weighted by atomic mass is 10.0. The van der Waals surface area contributed by atoms with Crippen molar-refractivity contribution in [3.8, 4) is 0 Å². The maximum atomic E-state index is 13.3. The smallest absolute Gasteiger partial charge is 0.285 e. The summed E-state index contributed by atoms with van der Waals surface area (Å²) >= 11 is 6.11. The molecule has 0 radical (unpaired) electrons. The topological polar surface area (TPSA) is 69.3 Å². The van der Waals surface area contributed by atoms with Gasteiger partial charge in [-0.05, 0) is 36.6 Å². The molecule has 1 amide bonds. The van der Waals surface area contributed by atoms with Gasteiger partial charge < -0.3 is 9.80 Å². The van der Waals surface area contributed by atoms with E-state index in [1.165, 1.54) is 18.3 Å². The van der Waals surface area contributed by atoms with Crippen LogP contribution in [0.4, 0.5) is 10.1 Å². The van der Waals surface area contributed by atoms with Crippen molar-refractivity contribution in [2.45, 2.75) is 32.9 Å². The third-order valence-corrected chi connectivity index (χ3v) is 5.09. The number of halogens is 2. The van der Waals surface area contributed by atoms with E-state index in [2.05, 4.69) is 10.2 Å². The number of aromatic amines is 1. The molecule has 2 aromatic rings. The average Bonchev–Trinajstić information content (AvgIpc) is 2.61. The number of nitrogens with zero attached hydrogens (tertiary/aromatic N) is 3. The molecule has 1 aromatic carbocycles. The minimum Gasteiger partial charge on any atom is -0.355 e. The van der Waals surface area contributed by atoms with Crippen LogP contribution in [0.25, 0.3) is 0 Å². The van der Waals surface area contributed by atoms with Crippen molar-refractivity contribution in [1.82, 2.24) is 15.1 Å². The van der Waals surface area contributed by atoms with Gasteiger partial charge in [0.25, 0.3) is 5.56 Å². The van der Waals surface area contributed by atoms with Crippen LogP contribution in [0.1, 0.15) is 24.5 Å². The molecule has 6 nitrogen and oxygen atoms in total. The summed E-state index contributed by atoms with van der Waals surface area (Å²) in [5.74, 6) is -0.330. The van der Waals surface area contributed by atoms with E-state index in [9.17, 15) is 14.0 Å². The summed E-state index contributed by atoms with van der Waals surface area (Å²) in [5.41, 5.74) is 1.72. The zero-order chi connectivity index (χ0) is 18.8. The normalized spacial score (nSPS) is 17.7. The number of H-pyrrole nitrogens is 1. The average molecular weight is 379 g/mol. The van der Waals surface area contributed by atoms with E-state index in [1.807, 2.05) is 18.7 Å². The van der Waals surface area contributed by atoms with Crippen LogP contribution in [0.15, 0.2) is 29.2 Å². The Kier molecular flexibility index (Phi) is 5.27. The first-order valence-electron chi connectivity index (χ1n) is 8.46. The fourth-order valence-electron chi connectivity index (χ4n) is 3.30. The number of carbonyl (C=O) groups excluding carboxylic acids is 1. The largest absolute Gasteiger partial charge is 0.355 e. The first-order valence-corrected chi connectivity index (χ1v) is 8.83. The molecular formula is C18H20ClFN4O2. The molecule has 8 heteroatoms. The molecule has 0 bridgehead atoms. The van der Waals surface area contributed by atoms with Gasteiger partial charge in [0, 0.05) is 19.6 Å². The van der Waals surface area contributed by atoms with E-state index < -0.39 is 11.6 Å². The van der Waals surface area contributed by atoms with Crippen molar-refractivity contribution in [2.75, 3.05) is 18.0 Å². The molecule has 1 fully saturated rings. The zero-order valence-electron chi connectivity index (χ0n) is 14.6.